The first kappa shape index (κ1) is 12.5. The highest BCUT2D eigenvalue weighted by Crippen LogP contribution is 1.99. The predicted octanol–water partition coefficient (Wildman–Crippen LogP) is 0.152. The second-order valence-corrected chi connectivity index (χ2v) is 3.18. The Kier molecular flexibility index (Phi) is 5.36. The van der Waals surface area contributed by atoms with Crippen LogP contribution >= 0.6 is 0 Å². The van der Waals surface area contributed by atoms with Crippen LogP contribution in [0.4, 0.5) is 0 Å². The summed E-state index contributed by atoms with van der Waals surface area (Å²) in [7, 11) is 8.61. The molecule has 14 heavy (non-hydrogen) atoms. The molecule has 0 heterocycles. The smallest absolute Gasteiger partial charge is 0.358 e. The summed E-state index contributed by atoms with van der Waals surface area (Å²) in [5.74, 6) is -0.447. The third kappa shape index (κ3) is 5.18. The van der Waals surface area contributed by atoms with E-state index in [-0.39, 0.29) is 5.70 Å². The summed E-state index contributed by atoms with van der Waals surface area (Å²) in [5.41, 5.74) is 0.270. The van der Waals surface area contributed by atoms with Crippen LogP contribution in [0, 0.1) is 0 Å². The zero-order valence-corrected chi connectivity index (χ0v) is 9.31. The van der Waals surface area contributed by atoms with Crippen molar-refractivity contribution in [3.8, 4) is 0 Å². The molecule has 0 radical (unpaired) electrons. The molecule has 0 saturated carbocycles. The van der Waals surface area contributed by atoms with Gasteiger partial charge in [0.05, 0.1) is 13.4 Å². The van der Waals surface area contributed by atoms with Gasteiger partial charge in [-0.05, 0) is 0 Å². The predicted molar refractivity (Wildman–Crippen MR) is 56.0 cm³/mol. The number of hydrogen-bond donors (Lipinski definition) is 0. The first-order chi connectivity index (χ1) is 6.47. The lowest BCUT2D eigenvalue weighted by Gasteiger charge is -2.08. The molecule has 0 saturated heterocycles. The van der Waals surface area contributed by atoms with Crippen molar-refractivity contribution in [2.75, 3.05) is 35.3 Å². The maximum Gasteiger partial charge on any atom is 0.358 e. The fourth-order valence-electron chi connectivity index (χ4n) is 0.666. The van der Waals surface area contributed by atoms with E-state index in [4.69, 9.17) is 0 Å². The Hall–Kier alpha value is -1.52. The van der Waals surface area contributed by atoms with Gasteiger partial charge in [-0.3, -0.25) is 0 Å². The number of esters is 1. The molecule has 5 nitrogen and oxygen atoms in total. The van der Waals surface area contributed by atoms with Crippen LogP contribution in [-0.4, -0.2) is 57.4 Å². The van der Waals surface area contributed by atoms with Crippen molar-refractivity contribution in [3.05, 3.63) is 11.9 Å². The quantitative estimate of drug-likeness (QED) is 0.280. The van der Waals surface area contributed by atoms with E-state index in [1.807, 2.05) is 28.2 Å². The van der Waals surface area contributed by atoms with Crippen LogP contribution in [0.5, 0.6) is 0 Å². The number of hydrogen-bond acceptors (Lipinski definition) is 4. The number of nitrogens with zero attached hydrogens (tertiary/aromatic N) is 3. The van der Waals surface area contributed by atoms with Gasteiger partial charge in [0.2, 0.25) is 0 Å². The highest BCUT2D eigenvalue weighted by Gasteiger charge is 2.07. The van der Waals surface area contributed by atoms with Gasteiger partial charge >= 0.3 is 5.97 Å². The Labute approximate surface area is 84.7 Å². The first-order valence-electron chi connectivity index (χ1n) is 4.14. The minimum Gasteiger partial charge on any atom is -0.464 e. The number of carbonyl (C=O) groups excluding carboxylic acids is 1. The van der Waals surface area contributed by atoms with E-state index in [0.717, 1.165) is 0 Å². The molecule has 80 valence electrons. The standard InChI is InChI=1S/C9H17N3O2/c1-11(2)6-8(9(13)14-5)10-7-12(3)4/h6-7H,1-5H3/b8-6+,10-7+. The molecule has 0 aliphatic rings. The average molecular weight is 199 g/mol. The topological polar surface area (TPSA) is 45.1 Å². The maximum atomic E-state index is 11.2. The van der Waals surface area contributed by atoms with Crippen LogP contribution in [0.25, 0.3) is 0 Å². The molecule has 0 aliphatic heterocycles. The van der Waals surface area contributed by atoms with E-state index in [1.54, 1.807) is 22.3 Å². The molecule has 0 aromatic rings. The highest BCUT2D eigenvalue weighted by atomic mass is 16.5. The molecule has 0 unspecified atom stereocenters. The molecular formula is C9H17N3O2. The lowest BCUT2D eigenvalue weighted by molar-refractivity contribution is -0.136. The summed E-state index contributed by atoms with van der Waals surface area (Å²) in [5, 5.41) is 0. The molecule has 0 bridgehead atoms. The van der Waals surface area contributed by atoms with Gasteiger partial charge in [0.1, 0.15) is 0 Å². The summed E-state index contributed by atoms with van der Waals surface area (Å²) < 4.78 is 4.58. The van der Waals surface area contributed by atoms with Crippen LogP contribution in [-0.2, 0) is 9.53 Å². The van der Waals surface area contributed by atoms with Crippen molar-refractivity contribution in [2.24, 2.45) is 4.99 Å². The largest absolute Gasteiger partial charge is 0.464 e. The van der Waals surface area contributed by atoms with Gasteiger partial charge in [-0.2, -0.15) is 0 Å². The Morgan fingerprint density at radius 1 is 1.21 bits per heavy atom. The van der Waals surface area contributed by atoms with E-state index in [9.17, 15) is 4.79 Å². The SMILES string of the molecule is COC(=O)C(=C\N(C)C)/N=C/N(C)C. The van der Waals surface area contributed by atoms with Crippen molar-refractivity contribution in [1.29, 1.82) is 0 Å². The van der Waals surface area contributed by atoms with Gasteiger partial charge < -0.3 is 14.5 Å². The number of carbonyl (C=O) groups is 1. The third-order valence-electron chi connectivity index (χ3n) is 1.20. The van der Waals surface area contributed by atoms with Crippen molar-refractivity contribution >= 4 is 12.3 Å². The summed E-state index contributed by atoms with van der Waals surface area (Å²) >= 11 is 0. The summed E-state index contributed by atoms with van der Waals surface area (Å²) in [6, 6.07) is 0. The first-order valence-corrected chi connectivity index (χ1v) is 4.14. The second-order valence-electron chi connectivity index (χ2n) is 3.18. The lowest BCUT2D eigenvalue weighted by Crippen LogP contribution is -2.13. The Bertz CT molecular complexity index is 244. The molecule has 0 N–H and O–H groups in total. The fraction of sp³-hybridized carbons (Fsp3) is 0.556. The van der Waals surface area contributed by atoms with Crippen molar-refractivity contribution in [1.82, 2.24) is 9.80 Å². The van der Waals surface area contributed by atoms with E-state index in [2.05, 4.69) is 9.73 Å². The molecule has 5 heteroatoms. The highest BCUT2D eigenvalue weighted by molar-refractivity contribution is 5.89. The third-order valence-corrected chi connectivity index (χ3v) is 1.20. The lowest BCUT2D eigenvalue weighted by atomic mass is 10.5. The Balaban J connectivity index is 4.65. The van der Waals surface area contributed by atoms with Gasteiger partial charge in [0.15, 0.2) is 5.70 Å². The van der Waals surface area contributed by atoms with Gasteiger partial charge in [-0.25, -0.2) is 9.79 Å². The van der Waals surface area contributed by atoms with Gasteiger partial charge in [0.25, 0.3) is 0 Å². The van der Waals surface area contributed by atoms with Gasteiger partial charge in [-0.15, -0.1) is 0 Å². The van der Waals surface area contributed by atoms with Crippen LogP contribution in [0.1, 0.15) is 0 Å². The Morgan fingerprint density at radius 2 is 1.79 bits per heavy atom. The molecule has 0 rings (SSSR count). The van der Waals surface area contributed by atoms with Crippen molar-refractivity contribution in [3.63, 3.8) is 0 Å². The minimum absolute atomic E-state index is 0.270. The van der Waals surface area contributed by atoms with Gasteiger partial charge in [0, 0.05) is 34.4 Å². The Morgan fingerprint density at radius 3 is 2.14 bits per heavy atom. The maximum absolute atomic E-state index is 11.2. The normalized spacial score (nSPS) is 11.6. The number of ether oxygens (including phenoxy) is 1. The van der Waals surface area contributed by atoms with Crippen molar-refractivity contribution < 1.29 is 9.53 Å². The van der Waals surface area contributed by atoms with Crippen LogP contribution < -0.4 is 0 Å². The summed E-state index contributed by atoms with van der Waals surface area (Å²) in [6.07, 6.45) is 3.15. The number of rotatable bonds is 4. The van der Waals surface area contributed by atoms with Crippen molar-refractivity contribution in [2.45, 2.75) is 0 Å². The van der Waals surface area contributed by atoms with E-state index in [0.29, 0.717) is 0 Å². The average Bonchev–Trinajstić information content (AvgIpc) is 2.10. The summed E-state index contributed by atoms with van der Waals surface area (Å²) in [4.78, 5) is 18.7. The number of methoxy groups -OCH3 is 1. The molecule has 0 spiro atoms. The number of aliphatic imine (C=N–C) groups is 1. The van der Waals surface area contributed by atoms with Crippen LogP contribution in [0.3, 0.4) is 0 Å². The molecule has 0 amide bonds. The fourth-order valence-corrected chi connectivity index (χ4v) is 0.666. The van der Waals surface area contributed by atoms with E-state index in [1.165, 1.54) is 7.11 Å². The van der Waals surface area contributed by atoms with Crippen LogP contribution in [0.15, 0.2) is 16.9 Å². The second kappa shape index (κ2) is 6.01. The monoisotopic (exact) mass is 199 g/mol. The minimum atomic E-state index is -0.447. The molecule has 0 aromatic heterocycles. The molecule has 0 atom stereocenters. The van der Waals surface area contributed by atoms with Gasteiger partial charge in [-0.1, -0.05) is 0 Å². The zero-order valence-electron chi connectivity index (χ0n) is 9.31. The summed E-state index contributed by atoms with van der Waals surface area (Å²) in [6.45, 7) is 0. The van der Waals surface area contributed by atoms with Crippen LogP contribution in [0.2, 0.25) is 0 Å². The molecule has 0 aromatic carbocycles. The zero-order chi connectivity index (χ0) is 11.1. The van der Waals surface area contributed by atoms with E-state index >= 15 is 0 Å². The van der Waals surface area contributed by atoms with E-state index < -0.39 is 5.97 Å². The molecular weight excluding hydrogens is 182 g/mol. The molecule has 0 aliphatic carbocycles. The molecule has 0 fully saturated rings.